The van der Waals surface area contributed by atoms with E-state index in [2.05, 4.69) is 26.7 Å². The maximum absolute atomic E-state index is 5.95. The Kier molecular flexibility index (Phi) is 4.44. The standard InChI is InChI=1S/C18H16ClN5/c1-3-15-13(9-11(2)12-5-4-8-21-10-12)17(24-23-15)16-7-6-14(19)18(20)22-16/h3-10,23H,2H2,1H3,(H2,20,22). The number of nitrogens with zero attached hydrogens (tertiary/aromatic N) is 3. The van der Waals surface area contributed by atoms with Gasteiger partial charge in [-0.2, -0.15) is 5.10 Å². The number of nitrogen functional groups attached to an aromatic ring is 1. The van der Waals surface area contributed by atoms with Gasteiger partial charge in [0.05, 0.1) is 16.1 Å². The predicted octanol–water partition coefficient (Wildman–Crippen LogP) is 2.40. The monoisotopic (exact) mass is 337 g/mol. The number of anilines is 1. The average Bonchev–Trinajstić information content (AvgIpc) is 3.00. The van der Waals surface area contributed by atoms with Crippen LogP contribution in [0.3, 0.4) is 0 Å². The summed E-state index contributed by atoms with van der Waals surface area (Å²) >= 11 is 5.95. The Labute approximate surface area is 144 Å². The van der Waals surface area contributed by atoms with Crippen molar-refractivity contribution in [2.45, 2.75) is 6.92 Å². The second-order valence-electron chi connectivity index (χ2n) is 5.16. The van der Waals surface area contributed by atoms with Crippen LogP contribution in [0, 0.1) is 0 Å². The number of allylic oxidation sites excluding steroid dienone is 1. The van der Waals surface area contributed by atoms with Gasteiger partial charge in [-0.1, -0.05) is 30.3 Å². The van der Waals surface area contributed by atoms with Crippen molar-refractivity contribution < 1.29 is 0 Å². The number of halogens is 1. The molecule has 3 aromatic rings. The van der Waals surface area contributed by atoms with Gasteiger partial charge in [0.25, 0.3) is 0 Å². The zero-order valence-corrected chi connectivity index (χ0v) is 13.9. The summed E-state index contributed by atoms with van der Waals surface area (Å²) in [4.78, 5) is 8.44. The third kappa shape index (κ3) is 3.07. The summed E-state index contributed by atoms with van der Waals surface area (Å²) in [5, 5.41) is 9.56. The van der Waals surface area contributed by atoms with E-state index in [1.807, 2.05) is 31.2 Å². The average molecular weight is 338 g/mol. The molecule has 0 saturated heterocycles. The third-order valence-corrected chi connectivity index (χ3v) is 3.91. The highest BCUT2D eigenvalue weighted by atomic mass is 35.5. The highest BCUT2D eigenvalue weighted by molar-refractivity contribution is 6.32. The molecule has 0 bridgehead atoms. The molecule has 3 N–H and O–H groups in total. The quantitative estimate of drug-likeness (QED) is 0.769. The van der Waals surface area contributed by atoms with Crippen molar-refractivity contribution in [3.63, 3.8) is 0 Å². The summed E-state index contributed by atoms with van der Waals surface area (Å²) in [6.07, 6.45) is 7.40. The molecular weight excluding hydrogens is 322 g/mol. The SMILES string of the molecule is C=C(C=c1c(-c2ccc(Cl)c(N)n2)n[nH]c1=CC)c1cccnc1. The first-order chi connectivity index (χ1) is 11.6. The molecule has 0 aromatic carbocycles. The van der Waals surface area contributed by atoms with Crippen molar-refractivity contribution >= 4 is 35.1 Å². The summed E-state index contributed by atoms with van der Waals surface area (Å²) in [6, 6.07) is 7.33. The summed E-state index contributed by atoms with van der Waals surface area (Å²) in [5.41, 5.74) is 8.92. The highest BCUT2D eigenvalue weighted by Crippen LogP contribution is 2.20. The number of aromatic amines is 1. The van der Waals surface area contributed by atoms with E-state index in [-0.39, 0.29) is 5.82 Å². The van der Waals surface area contributed by atoms with E-state index in [9.17, 15) is 0 Å². The lowest BCUT2D eigenvalue weighted by atomic mass is 10.1. The van der Waals surface area contributed by atoms with E-state index in [0.29, 0.717) is 16.4 Å². The van der Waals surface area contributed by atoms with E-state index in [1.165, 1.54) is 0 Å². The van der Waals surface area contributed by atoms with E-state index in [4.69, 9.17) is 17.3 Å². The number of nitrogens with one attached hydrogen (secondary N) is 1. The number of nitrogens with two attached hydrogens (primary N) is 1. The van der Waals surface area contributed by atoms with Crippen molar-refractivity contribution in [3.8, 4) is 11.4 Å². The molecule has 0 amide bonds. The number of hydrogen-bond donors (Lipinski definition) is 2. The molecule has 3 heterocycles. The van der Waals surface area contributed by atoms with Gasteiger partial charge < -0.3 is 5.73 Å². The first kappa shape index (κ1) is 16.0. The van der Waals surface area contributed by atoms with Crippen LogP contribution < -0.4 is 16.3 Å². The van der Waals surface area contributed by atoms with Gasteiger partial charge in [0, 0.05) is 17.6 Å². The maximum atomic E-state index is 5.95. The zero-order chi connectivity index (χ0) is 17.1. The molecule has 0 aliphatic rings. The Hall–Kier alpha value is -2.92. The molecule has 0 fully saturated rings. The Morgan fingerprint density at radius 3 is 2.83 bits per heavy atom. The number of aromatic nitrogens is 4. The Balaban J connectivity index is 2.17. The fraction of sp³-hybridized carbons (Fsp3) is 0.0556. The van der Waals surface area contributed by atoms with Crippen molar-refractivity contribution in [1.29, 1.82) is 0 Å². The molecule has 0 unspecified atom stereocenters. The summed E-state index contributed by atoms with van der Waals surface area (Å²) in [6.45, 7) is 6.06. The lowest BCUT2D eigenvalue weighted by Crippen LogP contribution is -2.23. The molecule has 0 spiro atoms. The fourth-order valence-electron chi connectivity index (χ4n) is 2.33. The van der Waals surface area contributed by atoms with Crippen LogP contribution in [0.2, 0.25) is 5.02 Å². The number of rotatable bonds is 3. The predicted molar refractivity (Wildman–Crippen MR) is 98.4 cm³/mol. The molecule has 3 aromatic heterocycles. The van der Waals surface area contributed by atoms with Crippen LogP contribution in [-0.2, 0) is 0 Å². The van der Waals surface area contributed by atoms with E-state index < -0.39 is 0 Å². The van der Waals surface area contributed by atoms with Crippen molar-refractivity contribution in [2.75, 3.05) is 5.73 Å². The van der Waals surface area contributed by atoms with E-state index in [1.54, 1.807) is 24.5 Å². The topological polar surface area (TPSA) is 80.5 Å². The number of H-pyrrole nitrogens is 1. The van der Waals surface area contributed by atoms with Gasteiger partial charge in [-0.25, -0.2) is 4.98 Å². The van der Waals surface area contributed by atoms with Crippen LogP contribution in [-0.4, -0.2) is 20.2 Å². The minimum absolute atomic E-state index is 0.274. The number of pyridine rings is 2. The van der Waals surface area contributed by atoms with Crippen molar-refractivity contribution in [1.82, 2.24) is 20.2 Å². The molecular formula is C18H16ClN5. The minimum atomic E-state index is 0.274. The molecule has 6 heteroatoms. The van der Waals surface area contributed by atoms with Crippen LogP contribution in [0.1, 0.15) is 12.5 Å². The van der Waals surface area contributed by atoms with Crippen LogP contribution in [0.25, 0.3) is 29.1 Å². The molecule has 0 saturated carbocycles. The highest BCUT2D eigenvalue weighted by Gasteiger charge is 2.09. The lowest BCUT2D eigenvalue weighted by molar-refractivity contribution is 1.06. The van der Waals surface area contributed by atoms with Gasteiger partial charge in [-0.15, -0.1) is 0 Å². The van der Waals surface area contributed by atoms with Crippen molar-refractivity contribution in [3.05, 3.63) is 64.4 Å². The first-order valence-corrected chi connectivity index (χ1v) is 7.72. The second-order valence-corrected chi connectivity index (χ2v) is 5.57. The van der Waals surface area contributed by atoms with Gasteiger partial charge in [0.2, 0.25) is 0 Å². The zero-order valence-electron chi connectivity index (χ0n) is 13.1. The largest absolute Gasteiger partial charge is 0.382 e. The van der Waals surface area contributed by atoms with Crippen LogP contribution in [0.4, 0.5) is 5.82 Å². The molecule has 120 valence electrons. The third-order valence-electron chi connectivity index (χ3n) is 3.59. The Morgan fingerprint density at radius 2 is 2.17 bits per heavy atom. The van der Waals surface area contributed by atoms with Gasteiger partial charge >= 0.3 is 0 Å². The summed E-state index contributed by atoms with van der Waals surface area (Å²) in [7, 11) is 0. The maximum Gasteiger partial charge on any atom is 0.142 e. The van der Waals surface area contributed by atoms with Crippen LogP contribution >= 0.6 is 11.6 Å². The van der Waals surface area contributed by atoms with Gasteiger partial charge in [0.1, 0.15) is 11.5 Å². The first-order valence-electron chi connectivity index (χ1n) is 7.34. The molecule has 5 nitrogen and oxygen atoms in total. The number of hydrogen-bond acceptors (Lipinski definition) is 4. The van der Waals surface area contributed by atoms with Crippen LogP contribution in [0.15, 0.2) is 43.2 Å². The van der Waals surface area contributed by atoms with Gasteiger partial charge in [-0.3, -0.25) is 10.1 Å². The molecule has 3 rings (SSSR count). The van der Waals surface area contributed by atoms with Gasteiger partial charge in [-0.05, 0) is 42.3 Å². The molecule has 0 atom stereocenters. The Bertz CT molecular complexity index is 1010. The lowest BCUT2D eigenvalue weighted by Gasteiger charge is -2.01. The molecule has 0 aliphatic carbocycles. The second kappa shape index (κ2) is 6.68. The summed E-state index contributed by atoms with van der Waals surface area (Å²) in [5.74, 6) is 0.274. The van der Waals surface area contributed by atoms with Gasteiger partial charge in [0.15, 0.2) is 0 Å². The summed E-state index contributed by atoms with van der Waals surface area (Å²) < 4.78 is 0. The fourth-order valence-corrected chi connectivity index (χ4v) is 2.43. The normalized spacial score (nSPS) is 12.6. The van der Waals surface area contributed by atoms with Crippen LogP contribution in [0.5, 0.6) is 0 Å². The Morgan fingerprint density at radius 1 is 1.33 bits per heavy atom. The minimum Gasteiger partial charge on any atom is -0.382 e. The van der Waals surface area contributed by atoms with E-state index in [0.717, 1.165) is 21.7 Å². The molecule has 0 radical (unpaired) electrons. The smallest absolute Gasteiger partial charge is 0.142 e. The van der Waals surface area contributed by atoms with E-state index >= 15 is 0 Å². The van der Waals surface area contributed by atoms with Crippen molar-refractivity contribution in [2.24, 2.45) is 0 Å². The molecule has 24 heavy (non-hydrogen) atoms. The molecule has 0 aliphatic heterocycles.